The van der Waals surface area contributed by atoms with Crippen LogP contribution >= 0.6 is 0 Å². The van der Waals surface area contributed by atoms with E-state index in [1.807, 2.05) is 35.2 Å². The molecule has 0 bridgehead atoms. The van der Waals surface area contributed by atoms with Crippen LogP contribution in [0.3, 0.4) is 0 Å². The van der Waals surface area contributed by atoms with Crippen LogP contribution in [0.1, 0.15) is 17.5 Å². The Hall–Kier alpha value is -2.50. The number of nitrogens with one attached hydrogen (secondary N) is 1. The molecule has 0 saturated carbocycles. The van der Waals surface area contributed by atoms with E-state index in [2.05, 4.69) is 5.32 Å². The number of nitrogens with zero attached hydrogens (tertiary/aromatic N) is 1. The third-order valence-electron chi connectivity index (χ3n) is 4.32. The van der Waals surface area contributed by atoms with Gasteiger partial charge < -0.3 is 10.2 Å². The fourth-order valence-corrected chi connectivity index (χ4v) is 3.03. The van der Waals surface area contributed by atoms with Gasteiger partial charge in [-0.1, -0.05) is 30.3 Å². The van der Waals surface area contributed by atoms with Crippen LogP contribution in [0.4, 0.5) is 18.9 Å². The molecule has 0 unspecified atom stereocenters. The van der Waals surface area contributed by atoms with Gasteiger partial charge in [-0.2, -0.15) is 13.2 Å². The minimum absolute atomic E-state index is 0.0125. The third-order valence-corrected chi connectivity index (χ3v) is 4.32. The predicted molar refractivity (Wildman–Crippen MR) is 90.4 cm³/mol. The normalized spacial score (nSPS) is 17.6. The van der Waals surface area contributed by atoms with Gasteiger partial charge >= 0.3 is 6.18 Å². The molecule has 0 aliphatic carbocycles. The van der Waals surface area contributed by atoms with Crippen molar-refractivity contribution in [2.75, 3.05) is 18.0 Å². The van der Waals surface area contributed by atoms with Crippen LogP contribution in [0.15, 0.2) is 54.6 Å². The van der Waals surface area contributed by atoms with Gasteiger partial charge in [-0.25, -0.2) is 0 Å². The molecule has 1 heterocycles. The Balaban J connectivity index is 1.54. The van der Waals surface area contributed by atoms with Crippen molar-refractivity contribution in [1.29, 1.82) is 0 Å². The molecular weight excluding hydrogens is 329 g/mol. The number of carbonyl (C=O) groups excluding carboxylic acids is 1. The highest BCUT2D eigenvalue weighted by molar-refractivity contribution is 5.79. The molecule has 1 amide bonds. The summed E-state index contributed by atoms with van der Waals surface area (Å²) in [6.45, 7) is 1.31. The molecule has 3 rings (SSSR count). The van der Waals surface area contributed by atoms with E-state index in [0.717, 1.165) is 29.8 Å². The van der Waals surface area contributed by atoms with E-state index in [0.29, 0.717) is 19.5 Å². The van der Waals surface area contributed by atoms with Gasteiger partial charge in [-0.3, -0.25) is 4.79 Å². The zero-order chi connectivity index (χ0) is 17.9. The molecule has 1 atom stereocenters. The molecule has 1 aliphatic heterocycles. The van der Waals surface area contributed by atoms with Gasteiger partial charge in [0.1, 0.15) is 0 Å². The number of hydrogen-bond donors (Lipinski definition) is 1. The summed E-state index contributed by atoms with van der Waals surface area (Å²) in [5.41, 5.74) is 1.05. The summed E-state index contributed by atoms with van der Waals surface area (Å²) in [5.74, 6) is -0.0366. The molecule has 0 spiro atoms. The average molecular weight is 348 g/mol. The van der Waals surface area contributed by atoms with Crippen molar-refractivity contribution in [1.82, 2.24) is 5.32 Å². The van der Waals surface area contributed by atoms with Crippen LogP contribution in [0.2, 0.25) is 0 Å². The monoisotopic (exact) mass is 348 g/mol. The van der Waals surface area contributed by atoms with Gasteiger partial charge in [-0.15, -0.1) is 0 Å². The number of halogens is 3. The first-order chi connectivity index (χ1) is 11.9. The molecule has 1 N–H and O–H groups in total. The zero-order valence-electron chi connectivity index (χ0n) is 13.6. The summed E-state index contributed by atoms with van der Waals surface area (Å²) in [5, 5.41) is 3.00. The molecule has 0 aromatic heterocycles. The largest absolute Gasteiger partial charge is 0.416 e. The second kappa shape index (κ2) is 7.17. The summed E-state index contributed by atoms with van der Waals surface area (Å²) in [7, 11) is 0. The Labute approximate surface area is 144 Å². The molecule has 1 aliphatic rings. The summed E-state index contributed by atoms with van der Waals surface area (Å²) in [4.78, 5) is 14.1. The Morgan fingerprint density at radius 1 is 1.08 bits per heavy atom. The van der Waals surface area contributed by atoms with Gasteiger partial charge in [0.15, 0.2) is 0 Å². The fraction of sp³-hybridized carbons (Fsp3) is 0.316. The van der Waals surface area contributed by atoms with Crippen LogP contribution in [-0.4, -0.2) is 25.0 Å². The Kier molecular flexibility index (Phi) is 4.97. The maximum Gasteiger partial charge on any atom is 0.416 e. The quantitative estimate of drug-likeness (QED) is 0.915. The second-order valence-electron chi connectivity index (χ2n) is 6.21. The van der Waals surface area contributed by atoms with Gasteiger partial charge in [0.05, 0.1) is 12.0 Å². The van der Waals surface area contributed by atoms with Gasteiger partial charge in [0.2, 0.25) is 5.91 Å². The first-order valence-electron chi connectivity index (χ1n) is 8.17. The van der Waals surface area contributed by atoms with Crippen LogP contribution < -0.4 is 10.2 Å². The molecule has 3 nitrogen and oxygen atoms in total. The number of rotatable bonds is 4. The number of amides is 1. The molecule has 1 saturated heterocycles. The van der Waals surface area contributed by atoms with Crippen LogP contribution in [0.25, 0.3) is 0 Å². The van der Waals surface area contributed by atoms with Crippen LogP contribution in [-0.2, 0) is 17.4 Å². The van der Waals surface area contributed by atoms with Gasteiger partial charge in [0, 0.05) is 24.8 Å². The minimum atomic E-state index is -4.32. The first-order valence-corrected chi connectivity index (χ1v) is 8.17. The second-order valence-corrected chi connectivity index (χ2v) is 6.21. The molecule has 0 radical (unpaired) electrons. The minimum Gasteiger partial charge on any atom is -0.369 e. The first kappa shape index (κ1) is 17.3. The smallest absolute Gasteiger partial charge is 0.369 e. The fourth-order valence-electron chi connectivity index (χ4n) is 3.03. The number of anilines is 1. The van der Waals surface area contributed by atoms with Crippen molar-refractivity contribution in [3.63, 3.8) is 0 Å². The highest BCUT2D eigenvalue weighted by Gasteiger charge is 2.30. The summed E-state index contributed by atoms with van der Waals surface area (Å²) < 4.78 is 37.9. The lowest BCUT2D eigenvalue weighted by molar-refractivity contribution is -0.137. The maximum atomic E-state index is 12.6. The van der Waals surface area contributed by atoms with E-state index in [1.54, 1.807) is 0 Å². The highest BCUT2D eigenvalue weighted by atomic mass is 19.4. The predicted octanol–water partition coefficient (Wildman–Crippen LogP) is 3.64. The lowest BCUT2D eigenvalue weighted by atomic mass is 10.1. The van der Waals surface area contributed by atoms with Crippen molar-refractivity contribution in [3.8, 4) is 0 Å². The average Bonchev–Trinajstić information content (AvgIpc) is 3.03. The van der Waals surface area contributed by atoms with E-state index in [4.69, 9.17) is 0 Å². The van der Waals surface area contributed by atoms with E-state index < -0.39 is 11.7 Å². The summed E-state index contributed by atoms with van der Waals surface area (Å²) in [6.07, 6.45) is -3.21. The SMILES string of the molecule is O=C(Cc1ccccc1)N[C@@H]1CCN(c2ccc(C(F)(F)F)cc2)C1. The summed E-state index contributed by atoms with van der Waals surface area (Å²) >= 11 is 0. The number of hydrogen-bond acceptors (Lipinski definition) is 2. The van der Waals surface area contributed by atoms with Crippen molar-refractivity contribution in [2.24, 2.45) is 0 Å². The van der Waals surface area contributed by atoms with Crippen molar-refractivity contribution in [2.45, 2.75) is 25.1 Å². The standard InChI is InChI=1S/C19H19F3N2O/c20-19(21,22)15-6-8-17(9-7-15)24-11-10-16(13-24)23-18(25)12-14-4-2-1-3-5-14/h1-9,16H,10-13H2,(H,23,25)/t16-/m1/s1. The Bertz CT molecular complexity index is 714. The van der Waals surface area contributed by atoms with Gasteiger partial charge in [-0.05, 0) is 36.2 Å². The van der Waals surface area contributed by atoms with E-state index in [1.165, 1.54) is 12.1 Å². The van der Waals surface area contributed by atoms with Crippen LogP contribution in [0.5, 0.6) is 0 Å². The van der Waals surface area contributed by atoms with E-state index >= 15 is 0 Å². The van der Waals surface area contributed by atoms with Crippen molar-refractivity contribution < 1.29 is 18.0 Å². The van der Waals surface area contributed by atoms with Crippen molar-refractivity contribution in [3.05, 3.63) is 65.7 Å². The van der Waals surface area contributed by atoms with Gasteiger partial charge in [0.25, 0.3) is 0 Å². The lowest BCUT2D eigenvalue weighted by Crippen LogP contribution is -2.37. The Morgan fingerprint density at radius 2 is 1.76 bits per heavy atom. The van der Waals surface area contributed by atoms with Crippen LogP contribution in [0, 0.1) is 0 Å². The highest BCUT2D eigenvalue weighted by Crippen LogP contribution is 2.31. The van der Waals surface area contributed by atoms with E-state index in [-0.39, 0.29) is 11.9 Å². The lowest BCUT2D eigenvalue weighted by Gasteiger charge is -2.20. The zero-order valence-corrected chi connectivity index (χ0v) is 13.6. The molecule has 2 aromatic rings. The molecule has 132 valence electrons. The van der Waals surface area contributed by atoms with E-state index in [9.17, 15) is 18.0 Å². The summed E-state index contributed by atoms with van der Waals surface area (Å²) in [6, 6.07) is 14.7. The topological polar surface area (TPSA) is 32.3 Å². The molecule has 25 heavy (non-hydrogen) atoms. The Morgan fingerprint density at radius 3 is 2.40 bits per heavy atom. The maximum absolute atomic E-state index is 12.6. The molecule has 1 fully saturated rings. The molecule has 2 aromatic carbocycles. The number of alkyl halides is 3. The van der Waals surface area contributed by atoms with Crippen molar-refractivity contribution >= 4 is 11.6 Å². The number of carbonyl (C=O) groups is 1. The number of benzene rings is 2. The third kappa shape index (κ3) is 4.53. The molecular formula is C19H19F3N2O. The molecule has 6 heteroatoms.